The van der Waals surface area contributed by atoms with Crippen molar-refractivity contribution in [2.45, 2.75) is 19.0 Å². The van der Waals surface area contributed by atoms with Gasteiger partial charge in [-0.1, -0.05) is 24.3 Å². The van der Waals surface area contributed by atoms with Crippen LogP contribution < -0.4 is 10.1 Å². The van der Waals surface area contributed by atoms with E-state index in [1.54, 1.807) is 6.07 Å². The Morgan fingerprint density at radius 2 is 2.00 bits per heavy atom. The molecule has 1 saturated heterocycles. The number of fused-ring (bicyclic) bond motifs is 1. The summed E-state index contributed by atoms with van der Waals surface area (Å²) in [6.07, 6.45) is 2.24. The molecule has 1 aliphatic heterocycles. The molecule has 1 fully saturated rings. The third kappa shape index (κ3) is 3.12. The standard InChI is InChI=1S/C20H18FN3O3/c1-27-18-7-6-12(8-15(18)21)11-24-19(25)17(23-20(24)26)9-13-10-22-16-5-3-2-4-14(13)16/h2-8,10,17,22H,9,11H2,1H3,(H,23,26). The molecule has 2 N–H and O–H groups in total. The van der Waals surface area contributed by atoms with Gasteiger partial charge in [0.05, 0.1) is 13.7 Å². The van der Waals surface area contributed by atoms with Crippen molar-refractivity contribution in [2.75, 3.05) is 7.11 Å². The van der Waals surface area contributed by atoms with Gasteiger partial charge in [0.25, 0.3) is 5.91 Å². The van der Waals surface area contributed by atoms with Crippen molar-refractivity contribution in [3.63, 3.8) is 0 Å². The van der Waals surface area contributed by atoms with Crippen LogP contribution in [0.1, 0.15) is 11.1 Å². The maximum atomic E-state index is 13.9. The molecule has 138 valence electrons. The number of nitrogens with one attached hydrogen (secondary N) is 2. The summed E-state index contributed by atoms with van der Waals surface area (Å²) in [6, 6.07) is 11.1. The van der Waals surface area contributed by atoms with Crippen LogP contribution in [0.2, 0.25) is 0 Å². The number of para-hydroxylation sites is 1. The molecule has 4 rings (SSSR count). The van der Waals surface area contributed by atoms with Crippen LogP contribution in [0.4, 0.5) is 9.18 Å². The van der Waals surface area contributed by atoms with Gasteiger partial charge in [0.15, 0.2) is 11.6 Å². The topological polar surface area (TPSA) is 74.4 Å². The Labute approximate surface area is 154 Å². The molecule has 7 heteroatoms. The number of urea groups is 1. The number of carbonyl (C=O) groups is 2. The van der Waals surface area contributed by atoms with Gasteiger partial charge in [-0.2, -0.15) is 0 Å². The van der Waals surface area contributed by atoms with Gasteiger partial charge in [0, 0.05) is 23.5 Å². The lowest BCUT2D eigenvalue weighted by atomic mass is 10.0. The SMILES string of the molecule is COc1ccc(CN2C(=O)NC(Cc3c[nH]c4ccccc34)C2=O)cc1F. The molecular formula is C20H18FN3O3. The van der Waals surface area contributed by atoms with E-state index < -0.39 is 17.9 Å². The smallest absolute Gasteiger partial charge is 0.325 e. The maximum Gasteiger partial charge on any atom is 0.325 e. The first-order valence-corrected chi connectivity index (χ1v) is 8.56. The lowest BCUT2D eigenvalue weighted by molar-refractivity contribution is -0.127. The van der Waals surface area contributed by atoms with Gasteiger partial charge in [-0.25, -0.2) is 9.18 Å². The van der Waals surface area contributed by atoms with Gasteiger partial charge >= 0.3 is 6.03 Å². The average Bonchev–Trinajstić information content (AvgIpc) is 3.19. The molecule has 1 atom stereocenters. The second kappa shape index (κ2) is 6.75. The van der Waals surface area contributed by atoms with E-state index in [0.717, 1.165) is 21.4 Å². The van der Waals surface area contributed by atoms with Crippen LogP contribution in [0.15, 0.2) is 48.7 Å². The molecule has 1 unspecified atom stereocenters. The number of imide groups is 1. The Bertz CT molecular complexity index is 1030. The number of aromatic amines is 1. The highest BCUT2D eigenvalue weighted by atomic mass is 19.1. The summed E-state index contributed by atoms with van der Waals surface area (Å²) in [5, 5.41) is 3.74. The fourth-order valence-electron chi connectivity index (χ4n) is 3.38. The molecule has 1 aromatic heterocycles. The second-order valence-corrected chi connectivity index (χ2v) is 6.46. The monoisotopic (exact) mass is 367 g/mol. The van der Waals surface area contributed by atoms with Gasteiger partial charge in [-0.15, -0.1) is 0 Å². The van der Waals surface area contributed by atoms with E-state index in [0.29, 0.717) is 12.0 Å². The van der Waals surface area contributed by atoms with Gasteiger partial charge in [-0.05, 0) is 29.3 Å². The molecule has 0 spiro atoms. The van der Waals surface area contributed by atoms with Crippen LogP contribution in [0.5, 0.6) is 5.75 Å². The highest BCUT2D eigenvalue weighted by Gasteiger charge is 2.38. The number of rotatable bonds is 5. The number of amides is 3. The number of carbonyl (C=O) groups excluding carboxylic acids is 2. The first-order valence-electron chi connectivity index (χ1n) is 8.56. The normalized spacial score (nSPS) is 16.8. The van der Waals surface area contributed by atoms with E-state index >= 15 is 0 Å². The van der Waals surface area contributed by atoms with Crippen LogP contribution in [0.3, 0.4) is 0 Å². The molecule has 1 aliphatic rings. The number of methoxy groups -OCH3 is 1. The van der Waals surface area contributed by atoms with Gasteiger partial charge in [0.2, 0.25) is 0 Å². The fourth-order valence-corrected chi connectivity index (χ4v) is 3.38. The van der Waals surface area contributed by atoms with E-state index in [4.69, 9.17) is 4.74 Å². The van der Waals surface area contributed by atoms with Crippen molar-refractivity contribution in [2.24, 2.45) is 0 Å². The van der Waals surface area contributed by atoms with Crippen molar-refractivity contribution in [3.05, 3.63) is 65.6 Å². The minimum Gasteiger partial charge on any atom is -0.494 e. The third-order valence-electron chi connectivity index (χ3n) is 4.76. The van der Waals surface area contributed by atoms with E-state index in [9.17, 15) is 14.0 Å². The molecule has 0 radical (unpaired) electrons. The van der Waals surface area contributed by atoms with Crippen molar-refractivity contribution in [1.82, 2.24) is 15.2 Å². The second-order valence-electron chi connectivity index (χ2n) is 6.46. The number of benzene rings is 2. The van der Waals surface area contributed by atoms with Crippen molar-refractivity contribution < 1.29 is 18.7 Å². The molecule has 3 amide bonds. The van der Waals surface area contributed by atoms with Gasteiger partial charge < -0.3 is 15.0 Å². The Morgan fingerprint density at radius 3 is 2.78 bits per heavy atom. The Kier molecular flexibility index (Phi) is 4.27. The zero-order chi connectivity index (χ0) is 19.0. The van der Waals surface area contributed by atoms with Crippen molar-refractivity contribution >= 4 is 22.8 Å². The van der Waals surface area contributed by atoms with Crippen molar-refractivity contribution in [3.8, 4) is 5.75 Å². The molecule has 3 aromatic rings. The van der Waals surface area contributed by atoms with E-state index in [-0.39, 0.29) is 18.2 Å². The summed E-state index contributed by atoms with van der Waals surface area (Å²) in [5.41, 5.74) is 2.46. The van der Waals surface area contributed by atoms with E-state index in [2.05, 4.69) is 10.3 Å². The van der Waals surface area contributed by atoms with Crippen LogP contribution in [0, 0.1) is 5.82 Å². The molecule has 2 aromatic carbocycles. The summed E-state index contributed by atoms with van der Waals surface area (Å²) in [7, 11) is 1.38. The number of aromatic nitrogens is 1. The summed E-state index contributed by atoms with van der Waals surface area (Å²) < 4.78 is 18.7. The summed E-state index contributed by atoms with van der Waals surface area (Å²) in [4.78, 5) is 29.2. The number of hydrogen-bond acceptors (Lipinski definition) is 3. The number of nitrogens with zero attached hydrogens (tertiary/aromatic N) is 1. The molecule has 2 heterocycles. The molecule has 0 bridgehead atoms. The maximum absolute atomic E-state index is 13.9. The van der Waals surface area contributed by atoms with Crippen LogP contribution >= 0.6 is 0 Å². The van der Waals surface area contributed by atoms with Crippen LogP contribution in [-0.4, -0.2) is 35.0 Å². The highest BCUT2D eigenvalue weighted by Crippen LogP contribution is 2.23. The first-order chi connectivity index (χ1) is 13.1. The summed E-state index contributed by atoms with van der Waals surface area (Å²) in [6.45, 7) is 0.00989. The summed E-state index contributed by atoms with van der Waals surface area (Å²) >= 11 is 0. The van der Waals surface area contributed by atoms with Crippen molar-refractivity contribution in [1.29, 1.82) is 0 Å². The lowest BCUT2D eigenvalue weighted by Gasteiger charge is -2.14. The van der Waals surface area contributed by atoms with E-state index in [1.165, 1.54) is 19.2 Å². The zero-order valence-electron chi connectivity index (χ0n) is 14.7. The van der Waals surface area contributed by atoms with Gasteiger partial charge in [-0.3, -0.25) is 9.69 Å². The van der Waals surface area contributed by atoms with Gasteiger partial charge in [0.1, 0.15) is 6.04 Å². The first kappa shape index (κ1) is 17.1. The fraction of sp³-hybridized carbons (Fsp3) is 0.200. The largest absolute Gasteiger partial charge is 0.494 e. The summed E-state index contributed by atoms with van der Waals surface area (Å²) in [5.74, 6) is -0.730. The minimum atomic E-state index is -0.639. The Morgan fingerprint density at radius 1 is 1.19 bits per heavy atom. The number of halogens is 1. The lowest BCUT2D eigenvalue weighted by Crippen LogP contribution is -2.32. The average molecular weight is 367 g/mol. The number of hydrogen-bond donors (Lipinski definition) is 2. The zero-order valence-corrected chi connectivity index (χ0v) is 14.7. The molecule has 0 saturated carbocycles. The molecule has 0 aliphatic carbocycles. The molecule has 27 heavy (non-hydrogen) atoms. The Hall–Kier alpha value is -3.35. The quantitative estimate of drug-likeness (QED) is 0.681. The number of H-pyrrole nitrogens is 1. The third-order valence-corrected chi connectivity index (χ3v) is 4.76. The molecular weight excluding hydrogens is 349 g/mol. The van der Waals surface area contributed by atoms with Crippen LogP contribution in [0.25, 0.3) is 10.9 Å². The predicted octanol–water partition coefficient (Wildman–Crippen LogP) is 2.98. The van der Waals surface area contributed by atoms with E-state index in [1.807, 2.05) is 30.5 Å². The predicted molar refractivity (Wildman–Crippen MR) is 97.8 cm³/mol. The minimum absolute atomic E-state index is 0.00989. The number of ether oxygens (including phenoxy) is 1. The van der Waals surface area contributed by atoms with Crippen LogP contribution in [-0.2, 0) is 17.8 Å². The molecule has 6 nitrogen and oxygen atoms in total. The highest BCUT2D eigenvalue weighted by molar-refractivity contribution is 6.04. The Balaban J connectivity index is 1.51.